The Morgan fingerprint density at radius 2 is 1.88 bits per heavy atom. The molecule has 4 rings (SSSR count). The van der Waals surface area contributed by atoms with Crippen molar-refractivity contribution in [2.75, 3.05) is 6.54 Å². The first-order valence-electron chi connectivity index (χ1n) is 10.9. The minimum Gasteiger partial charge on any atom is -0.374 e. The van der Waals surface area contributed by atoms with Gasteiger partial charge in [0, 0.05) is 66.8 Å². The molecule has 0 saturated carbocycles. The number of halogens is 3. The molecule has 1 amide bonds. The highest BCUT2D eigenvalue weighted by Gasteiger charge is 2.57. The van der Waals surface area contributed by atoms with E-state index in [1.54, 1.807) is 6.08 Å². The topological polar surface area (TPSA) is 72.1 Å². The fourth-order valence-corrected chi connectivity index (χ4v) is 4.26. The number of aromatic nitrogens is 3. The SMILES string of the molecule is CCn1c2ccccc2c2cc(/C=C/C(=O)NCCC(O)(c3nccn3C)C(F)(F)F)ccc21. The third-order valence-electron chi connectivity index (χ3n) is 5.99. The number of nitrogens with zero attached hydrogens (tertiary/aromatic N) is 3. The molecule has 1 unspecified atom stereocenters. The number of hydrogen-bond donors (Lipinski definition) is 2. The molecule has 2 N–H and O–H groups in total. The molecule has 9 heteroatoms. The molecule has 0 saturated heterocycles. The first-order valence-corrected chi connectivity index (χ1v) is 10.9. The van der Waals surface area contributed by atoms with Crippen LogP contribution in [0.2, 0.25) is 0 Å². The predicted molar refractivity (Wildman–Crippen MR) is 125 cm³/mol. The monoisotopic (exact) mass is 470 g/mol. The number of rotatable bonds is 7. The lowest BCUT2D eigenvalue weighted by atomic mass is 9.97. The van der Waals surface area contributed by atoms with E-state index in [0.29, 0.717) is 0 Å². The van der Waals surface area contributed by atoms with Gasteiger partial charge in [0.1, 0.15) is 5.82 Å². The molecule has 0 radical (unpaired) electrons. The molecular formula is C25H25F3N4O2. The van der Waals surface area contributed by atoms with Crippen LogP contribution in [0.4, 0.5) is 13.2 Å². The Morgan fingerprint density at radius 3 is 2.56 bits per heavy atom. The quantitative estimate of drug-likeness (QED) is 0.390. The van der Waals surface area contributed by atoms with Crippen molar-refractivity contribution in [3.05, 3.63) is 72.3 Å². The molecule has 0 aliphatic heterocycles. The molecule has 2 aromatic carbocycles. The molecule has 4 aromatic rings. The molecule has 6 nitrogen and oxygen atoms in total. The second-order valence-electron chi connectivity index (χ2n) is 8.13. The maximum Gasteiger partial charge on any atom is 0.424 e. The fourth-order valence-electron chi connectivity index (χ4n) is 4.26. The summed E-state index contributed by atoms with van der Waals surface area (Å²) in [6.45, 7) is 2.52. The van der Waals surface area contributed by atoms with Crippen LogP contribution in [-0.2, 0) is 24.0 Å². The molecule has 0 bridgehead atoms. The Morgan fingerprint density at radius 1 is 1.15 bits per heavy atom. The molecule has 2 heterocycles. The van der Waals surface area contributed by atoms with E-state index in [1.165, 1.54) is 25.5 Å². The van der Waals surface area contributed by atoms with Crippen molar-refractivity contribution in [1.82, 2.24) is 19.4 Å². The van der Waals surface area contributed by atoms with Crippen molar-refractivity contribution >= 4 is 33.8 Å². The fraction of sp³-hybridized carbons (Fsp3) is 0.280. The van der Waals surface area contributed by atoms with Crippen molar-refractivity contribution < 1.29 is 23.1 Å². The van der Waals surface area contributed by atoms with Crippen molar-refractivity contribution in [3.8, 4) is 0 Å². The van der Waals surface area contributed by atoms with E-state index in [2.05, 4.69) is 27.9 Å². The van der Waals surface area contributed by atoms with Crippen molar-refractivity contribution in [1.29, 1.82) is 0 Å². The van der Waals surface area contributed by atoms with Crippen LogP contribution in [0.3, 0.4) is 0 Å². The number of nitrogens with one attached hydrogen (secondary N) is 1. The summed E-state index contributed by atoms with van der Waals surface area (Å²) in [5.41, 5.74) is -0.156. The van der Waals surface area contributed by atoms with E-state index in [1.807, 2.05) is 36.4 Å². The minimum absolute atomic E-state index is 0.380. The van der Waals surface area contributed by atoms with Gasteiger partial charge >= 0.3 is 6.18 Å². The normalized spacial score (nSPS) is 14.2. The number of para-hydroxylation sites is 1. The number of alkyl halides is 3. The lowest BCUT2D eigenvalue weighted by molar-refractivity contribution is -0.272. The van der Waals surface area contributed by atoms with Gasteiger partial charge in [-0.1, -0.05) is 24.3 Å². The average molecular weight is 470 g/mol. The highest BCUT2D eigenvalue weighted by molar-refractivity contribution is 6.08. The lowest BCUT2D eigenvalue weighted by Crippen LogP contribution is -2.46. The smallest absolute Gasteiger partial charge is 0.374 e. The summed E-state index contributed by atoms with van der Waals surface area (Å²) in [4.78, 5) is 15.9. The van der Waals surface area contributed by atoms with Gasteiger partial charge in [0.15, 0.2) is 0 Å². The van der Waals surface area contributed by atoms with Crippen LogP contribution in [-0.4, -0.2) is 37.9 Å². The van der Waals surface area contributed by atoms with Gasteiger partial charge in [0.25, 0.3) is 0 Å². The maximum atomic E-state index is 13.6. The first-order chi connectivity index (χ1) is 16.2. The third-order valence-corrected chi connectivity index (χ3v) is 5.99. The maximum absolute atomic E-state index is 13.6. The van der Waals surface area contributed by atoms with Gasteiger partial charge < -0.3 is 19.6 Å². The van der Waals surface area contributed by atoms with E-state index in [-0.39, 0.29) is 6.54 Å². The zero-order valence-corrected chi connectivity index (χ0v) is 18.8. The molecule has 178 valence electrons. The number of carbonyl (C=O) groups excluding carboxylic acids is 1. The van der Waals surface area contributed by atoms with E-state index in [4.69, 9.17) is 0 Å². The standard InChI is InChI=1S/C25H25F3N4O2/c1-3-32-20-7-5-4-6-18(20)19-16-17(8-10-21(19)32)9-11-22(33)29-13-12-24(34,25(26,27)28)23-30-14-15-31(23)2/h4-11,14-16,34H,3,12-13H2,1-2H3,(H,29,33)/b11-9+. The number of amides is 1. The van der Waals surface area contributed by atoms with Crippen LogP contribution >= 0.6 is 0 Å². The second-order valence-corrected chi connectivity index (χ2v) is 8.13. The Kier molecular flexibility index (Phi) is 6.22. The summed E-state index contributed by atoms with van der Waals surface area (Å²) >= 11 is 0. The molecule has 34 heavy (non-hydrogen) atoms. The summed E-state index contributed by atoms with van der Waals surface area (Å²) in [6.07, 6.45) is -0.317. The largest absolute Gasteiger partial charge is 0.424 e. The van der Waals surface area contributed by atoms with E-state index in [0.717, 1.165) is 38.5 Å². The number of fused-ring (bicyclic) bond motifs is 3. The predicted octanol–water partition coefficient (Wildman–Crippen LogP) is 4.52. The lowest BCUT2D eigenvalue weighted by Gasteiger charge is -2.29. The number of benzene rings is 2. The van der Waals surface area contributed by atoms with Gasteiger partial charge in [-0.15, -0.1) is 0 Å². The molecular weight excluding hydrogens is 445 g/mol. The highest BCUT2D eigenvalue weighted by Crippen LogP contribution is 2.40. The second kappa shape index (κ2) is 8.98. The van der Waals surface area contributed by atoms with Crippen LogP contribution in [0, 0.1) is 0 Å². The van der Waals surface area contributed by atoms with Gasteiger partial charge in [-0.25, -0.2) is 4.98 Å². The molecule has 1 atom stereocenters. The van der Waals surface area contributed by atoms with Gasteiger partial charge in [-0.2, -0.15) is 13.2 Å². The molecule has 0 aliphatic carbocycles. The summed E-state index contributed by atoms with van der Waals surface area (Å²) in [7, 11) is 1.37. The summed E-state index contributed by atoms with van der Waals surface area (Å²) in [5.74, 6) is -1.08. The van der Waals surface area contributed by atoms with Crippen LogP contribution in [0.25, 0.3) is 27.9 Å². The van der Waals surface area contributed by atoms with Crippen molar-refractivity contribution in [3.63, 3.8) is 0 Å². The first kappa shape index (κ1) is 23.6. The third kappa shape index (κ3) is 4.19. The number of aliphatic hydroxyl groups is 1. The van der Waals surface area contributed by atoms with Crippen molar-refractivity contribution in [2.24, 2.45) is 7.05 Å². The molecule has 2 aromatic heterocycles. The van der Waals surface area contributed by atoms with E-state index < -0.39 is 29.9 Å². The Hall–Kier alpha value is -3.59. The van der Waals surface area contributed by atoms with E-state index in [9.17, 15) is 23.1 Å². The van der Waals surface area contributed by atoms with Crippen LogP contribution in [0.1, 0.15) is 24.7 Å². The summed E-state index contributed by atoms with van der Waals surface area (Å²) in [6, 6.07) is 13.9. The van der Waals surface area contributed by atoms with Crippen LogP contribution in [0.5, 0.6) is 0 Å². The number of aryl methyl sites for hydroxylation is 2. The van der Waals surface area contributed by atoms with Crippen molar-refractivity contribution in [2.45, 2.75) is 31.7 Å². The zero-order valence-electron chi connectivity index (χ0n) is 18.8. The van der Waals surface area contributed by atoms with Gasteiger partial charge in [-0.05, 0) is 36.8 Å². The van der Waals surface area contributed by atoms with Crippen LogP contribution in [0.15, 0.2) is 60.9 Å². The van der Waals surface area contributed by atoms with E-state index >= 15 is 0 Å². The minimum atomic E-state index is -4.94. The Balaban J connectivity index is 1.47. The van der Waals surface area contributed by atoms with Gasteiger partial charge in [0.2, 0.25) is 11.5 Å². The number of carbonyl (C=O) groups is 1. The molecule has 0 fully saturated rings. The van der Waals surface area contributed by atoms with Gasteiger partial charge in [0.05, 0.1) is 0 Å². The zero-order chi connectivity index (χ0) is 24.5. The Labute approximate surface area is 194 Å². The number of hydrogen-bond acceptors (Lipinski definition) is 3. The van der Waals surface area contributed by atoms with Gasteiger partial charge in [-0.3, -0.25) is 4.79 Å². The molecule has 0 spiro atoms. The number of imidazole rings is 1. The van der Waals surface area contributed by atoms with Crippen LogP contribution < -0.4 is 5.32 Å². The highest BCUT2D eigenvalue weighted by atomic mass is 19.4. The summed E-state index contributed by atoms with van der Waals surface area (Å²) in [5, 5.41) is 14.9. The average Bonchev–Trinajstić information content (AvgIpc) is 3.37. The summed E-state index contributed by atoms with van der Waals surface area (Å²) < 4.78 is 44.1. The Bertz CT molecular complexity index is 1370. The molecule has 0 aliphatic rings.